The van der Waals surface area contributed by atoms with Gasteiger partial charge in [-0.1, -0.05) is 45.4 Å². The Labute approximate surface area is 88.3 Å². The molecule has 0 aliphatic rings. The van der Waals surface area contributed by atoms with Gasteiger partial charge in [-0.05, 0) is 18.1 Å². The number of rotatable bonds is 9. The van der Waals surface area contributed by atoms with Crippen molar-refractivity contribution in [3.05, 3.63) is 0 Å². The predicted octanol–water partition coefficient (Wildman–Crippen LogP) is 3.28. The standard InChI is InChI=1S/C11H24OS/c1-2-3-4-5-6-7-8-11(9-12)10-13/h11-13H,2-10H2,1H3. The molecule has 1 nitrogen and oxygen atoms in total. The maximum atomic E-state index is 8.92. The summed E-state index contributed by atoms with van der Waals surface area (Å²) in [5.74, 6) is 1.25. The van der Waals surface area contributed by atoms with Crippen LogP contribution in [0.2, 0.25) is 0 Å². The highest BCUT2D eigenvalue weighted by Gasteiger charge is 2.03. The first-order valence-electron chi connectivity index (χ1n) is 5.56. The number of hydrogen-bond acceptors (Lipinski definition) is 2. The highest BCUT2D eigenvalue weighted by atomic mass is 32.1. The molecule has 0 saturated carbocycles. The summed E-state index contributed by atoms with van der Waals surface area (Å²) in [7, 11) is 0. The van der Waals surface area contributed by atoms with Crippen LogP contribution in [0.4, 0.5) is 0 Å². The summed E-state index contributed by atoms with van der Waals surface area (Å²) in [6.45, 7) is 2.54. The fraction of sp³-hybridized carbons (Fsp3) is 1.00. The molecule has 0 heterocycles. The average Bonchev–Trinajstić information content (AvgIpc) is 2.17. The molecule has 0 aliphatic heterocycles. The SMILES string of the molecule is CCCCCCCCC(CO)CS. The van der Waals surface area contributed by atoms with Crippen molar-refractivity contribution in [2.24, 2.45) is 5.92 Å². The molecule has 1 unspecified atom stereocenters. The molecule has 0 amide bonds. The molecule has 0 aliphatic carbocycles. The van der Waals surface area contributed by atoms with Crippen LogP contribution in [0, 0.1) is 5.92 Å². The molecule has 13 heavy (non-hydrogen) atoms. The number of aliphatic hydroxyl groups excluding tert-OH is 1. The second kappa shape index (κ2) is 10.4. The Kier molecular flexibility index (Phi) is 10.6. The molecule has 0 aromatic rings. The van der Waals surface area contributed by atoms with Gasteiger partial charge in [-0.25, -0.2) is 0 Å². The van der Waals surface area contributed by atoms with Gasteiger partial charge in [-0.3, -0.25) is 0 Å². The first-order chi connectivity index (χ1) is 6.35. The van der Waals surface area contributed by atoms with Crippen LogP contribution in [0.15, 0.2) is 0 Å². The molecule has 0 aromatic heterocycles. The number of thiol groups is 1. The summed E-state index contributed by atoms with van der Waals surface area (Å²) >= 11 is 4.19. The van der Waals surface area contributed by atoms with Crippen LogP contribution >= 0.6 is 12.6 Å². The fourth-order valence-electron chi connectivity index (χ4n) is 1.45. The van der Waals surface area contributed by atoms with Gasteiger partial charge in [-0.15, -0.1) is 0 Å². The maximum Gasteiger partial charge on any atom is 0.0467 e. The van der Waals surface area contributed by atoms with Gasteiger partial charge in [0, 0.05) is 6.61 Å². The van der Waals surface area contributed by atoms with Crippen LogP contribution in [0.5, 0.6) is 0 Å². The molecule has 0 spiro atoms. The summed E-state index contributed by atoms with van der Waals surface area (Å²) in [6, 6.07) is 0. The zero-order valence-corrected chi connectivity index (χ0v) is 9.73. The van der Waals surface area contributed by atoms with Crippen LogP contribution in [-0.4, -0.2) is 17.5 Å². The maximum absolute atomic E-state index is 8.92. The lowest BCUT2D eigenvalue weighted by atomic mass is 10.0. The van der Waals surface area contributed by atoms with Crippen LogP contribution in [0.3, 0.4) is 0 Å². The van der Waals surface area contributed by atoms with E-state index in [0.717, 1.165) is 12.2 Å². The van der Waals surface area contributed by atoms with E-state index in [9.17, 15) is 0 Å². The highest BCUT2D eigenvalue weighted by Crippen LogP contribution is 2.12. The van der Waals surface area contributed by atoms with Crippen LogP contribution in [0.25, 0.3) is 0 Å². The summed E-state index contributed by atoms with van der Waals surface area (Å²) < 4.78 is 0. The topological polar surface area (TPSA) is 20.2 Å². The first kappa shape index (κ1) is 13.3. The zero-order chi connectivity index (χ0) is 9.94. The van der Waals surface area contributed by atoms with E-state index in [-0.39, 0.29) is 0 Å². The summed E-state index contributed by atoms with van der Waals surface area (Å²) in [6.07, 6.45) is 9.15. The third-order valence-corrected chi connectivity index (χ3v) is 3.00. The Hall–Kier alpha value is 0.310. The van der Waals surface area contributed by atoms with Crippen molar-refractivity contribution in [2.75, 3.05) is 12.4 Å². The second-order valence-electron chi connectivity index (χ2n) is 3.79. The van der Waals surface area contributed by atoms with E-state index < -0.39 is 0 Å². The summed E-state index contributed by atoms with van der Waals surface area (Å²) in [5.41, 5.74) is 0. The third-order valence-electron chi connectivity index (χ3n) is 2.48. The van der Waals surface area contributed by atoms with Crippen molar-refractivity contribution in [3.8, 4) is 0 Å². The van der Waals surface area contributed by atoms with Crippen molar-refractivity contribution < 1.29 is 5.11 Å². The molecule has 0 fully saturated rings. The molecular weight excluding hydrogens is 180 g/mol. The lowest BCUT2D eigenvalue weighted by Crippen LogP contribution is -2.07. The van der Waals surface area contributed by atoms with E-state index in [1.165, 1.54) is 38.5 Å². The van der Waals surface area contributed by atoms with Crippen molar-refractivity contribution in [2.45, 2.75) is 51.9 Å². The van der Waals surface area contributed by atoms with Gasteiger partial charge < -0.3 is 5.11 Å². The van der Waals surface area contributed by atoms with Gasteiger partial charge in [0.05, 0.1) is 0 Å². The predicted molar refractivity (Wildman–Crippen MR) is 62.4 cm³/mol. The van der Waals surface area contributed by atoms with Crippen molar-refractivity contribution in [1.82, 2.24) is 0 Å². The Balaban J connectivity index is 3.05. The van der Waals surface area contributed by atoms with E-state index in [4.69, 9.17) is 5.11 Å². The fourth-order valence-corrected chi connectivity index (χ4v) is 1.75. The second-order valence-corrected chi connectivity index (χ2v) is 4.15. The third kappa shape index (κ3) is 8.63. The molecule has 0 saturated heterocycles. The van der Waals surface area contributed by atoms with Crippen LogP contribution in [0.1, 0.15) is 51.9 Å². The molecule has 80 valence electrons. The molecule has 0 rings (SSSR count). The zero-order valence-electron chi connectivity index (χ0n) is 8.84. The summed E-state index contributed by atoms with van der Waals surface area (Å²) in [5, 5.41) is 8.92. The minimum atomic E-state index is 0.304. The van der Waals surface area contributed by atoms with E-state index in [2.05, 4.69) is 19.6 Å². The van der Waals surface area contributed by atoms with Gasteiger partial charge in [-0.2, -0.15) is 12.6 Å². The Morgan fingerprint density at radius 2 is 1.69 bits per heavy atom. The van der Waals surface area contributed by atoms with Crippen molar-refractivity contribution in [1.29, 1.82) is 0 Å². The normalized spacial score (nSPS) is 13.2. The van der Waals surface area contributed by atoms with E-state index in [0.29, 0.717) is 12.5 Å². The van der Waals surface area contributed by atoms with E-state index in [1.807, 2.05) is 0 Å². The van der Waals surface area contributed by atoms with Gasteiger partial charge in [0.25, 0.3) is 0 Å². The first-order valence-corrected chi connectivity index (χ1v) is 6.20. The minimum absolute atomic E-state index is 0.304. The molecule has 1 N–H and O–H groups in total. The quantitative estimate of drug-likeness (QED) is 0.436. The van der Waals surface area contributed by atoms with Gasteiger partial charge >= 0.3 is 0 Å². The van der Waals surface area contributed by atoms with Crippen LogP contribution < -0.4 is 0 Å². The smallest absolute Gasteiger partial charge is 0.0467 e. The molecular formula is C11H24OS. The largest absolute Gasteiger partial charge is 0.396 e. The van der Waals surface area contributed by atoms with Crippen LogP contribution in [-0.2, 0) is 0 Å². The highest BCUT2D eigenvalue weighted by molar-refractivity contribution is 7.80. The molecule has 0 aromatic carbocycles. The van der Waals surface area contributed by atoms with Gasteiger partial charge in [0.2, 0.25) is 0 Å². The Morgan fingerprint density at radius 3 is 2.23 bits per heavy atom. The number of aliphatic hydroxyl groups is 1. The molecule has 0 radical (unpaired) electrons. The molecule has 1 atom stereocenters. The minimum Gasteiger partial charge on any atom is -0.396 e. The van der Waals surface area contributed by atoms with Gasteiger partial charge in [0.1, 0.15) is 0 Å². The van der Waals surface area contributed by atoms with E-state index in [1.54, 1.807) is 0 Å². The molecule has 0 bridgehead atoms. The lowest BCUT2D eigenvalue weighted by molar-refractivity contribution is 0.230. The number of unbranched alkanes of at least 4 members (excludes halogenated alkanes) is 5. The Bertz CT molecular complexity index is 92.1. The Morgan fingerprint density at radius 1 is 1.08 bits per heavy atom. The van der Waals surface area contributed by atoms with E-state index >= 15 is 0 Å². The summed E-state index contributed by atoms with van der Waals surface area (Å²) in [4.78, 5) is 0. The van der Waals surface area contributed by atoms with Crippen molar-refractivity contribution >= 4 is 12.6 Å². The lowest BCUT2D eigenvalue weighted by Gasteiger charge is -2.09. The monoisotopic (exact) mass is 204 g/mol. The van der Waals surface area contributed by atoms with Gasteiger partial charge in [0.15, 0.2) is 0 Å². The average molecular weight is 204 g/mol. The molecule has 2 heteroatoms. The number of hydrogen-bond donors (Lipinski definition) is 2. The van der Waals surface area contributed by atoms with Crippen molar-refractivity contribution in [3.63, 3.8) is 0 Å².